The topological polar surface area (TPSA) is 65.6 Å². The van der Waals surface area contributed by atoms with E-state index >= 15 is 0 Å². The maximum atomic E-state index is 13.1. The van der Waals surface area contributed by atoms with Gasteiger partial charge in [-0.3, -0.25) is 9.69 Å². The third-order valence-electron chi connectivity index (χ3n) is 6.66. The second-order valence-electron chi connectivity index (χ2n) is 8.08. The van der Waals surface area contributed by atoms with Gasteiger partial charge in [0.25, 0.3) is 0 Å². The number of ether oxygens (including phenoxy) is 1. The van der Waals surface area contributed by atoms with Crippen LogP contribution < -0.4 is 0 Å². The van der Waals surface area contributed by atoms with Crippen molar-refractivity contribution in [2.75, 3.05) is 13.1 Å². The highest BCUT2D eigenvalue weighted by Gasteiger charge is 2.51. The molecule has 1 aromatic rings. The predicted molar refractivity (Wildman–Crippen MR) is 95.2 cm³/mol. The molecule has 0 saturated carbocycles. The monoisotopic (exact) mass is 355 g/mol. The first kappa shape index (κ1) is 16.1. The van der Waals surface area contributed by atoms with Crippen molar-refractivity contribution in [3.63, 3.8) is 0 Å². The predicted octanol–water partition coefficient (Wildman–Crippen LogP) is 2.16. The van der Waals surface area contributed by atoms with E-state index in [1.165, 1.54) is 0 Å². The van der Waals surface area contributed by atoms with Gasteiger partial charge in [0.2, 0.25) is 5.91 Å². The van der Waals surface area contributed by atoms with Crippen LogP contribution in [-0.2, 0) is 9.53 Å². The van der Waals surface area contributed by atoms with E-state index in [1.807, 2.05) is 11.1 Å². The average molecular weight is 355 g/mol. The lowest BCUT2D eigenvalue weighted by Crippen LogP contribution is -2.65. The summed E-state index contributed by atoms with van der Waals surface area (Å²) in [7, 11) is 0. The normalized spacial score (nSPS) is 36.4. The second kappa shape index (κ2) is 6.27. The van der Waals surface area contributed by atoms with Crippen molar-refractivity contribution in [3.8, 4) is 0 Å². The molecule has 4 aliphatic rings. The number of fused-ring (bicyclic) bond motifs is 6. The quantitative estimate of drug-likeness (QED) is 0.826. The van der Waals surface area contributed by atoms with Crippen LogP contribution in [0.2, 0.25) is 0 Å². The Kier molecular flexibility index (Phi) is 3.89. The van der Waals surface area contributed by atoms with Gasteiger partial charge in [0.15, 0.2) is 0 Å². The molecule has 1 aromatic heterocycles. The Morgan fingerprint density at radius 3 is 3.00 bits per heavy atom. The molecule has 5 unspecified atom stereocenters. The fraction of sp³-hybridized carbons (Fsp3) is 0.600. The van der Waals surface area contributed by atoms with E-state index in [4.69, 9.17) is 4.74 Å². The number of amides is 1. The van der Waals surface area contributed by atoms with Crippen LogP contribution in [-0.4, -0.2) is 57.9 Å². The van der Waals surface area contributed by atoms with E-state index in [0.29, 0.717) is 17.7 Å². The molecule has 3 saturated heterocycles. The Morgan fingerprint density at radius 2 is 2.15 bits per heavy atom. The SMILES string of the molecule is O=C(OC1CCN2CC3CC(C(=O)N4C=CCCC34)C2C1)c1ccc[nH]1. The summed E-state index contributed by atoms with van der Waals surface area (Å²) in [5.74, 6) is 0.598. The minimum atomic E-state index is -0.295. The number of H-pyrrole nitrogens is 1. The molecule has 5 atom stereocenters. The van der Waals surface area contributed by atoms with Gasteiger partial charge in [0, 0.05) is 44.0 Å². The number of nitrogens with zero attached hydrogens (tertiary/aromatic N) is 2. The summed E-state index contributed by atoms with van der Waals surface area (Å²) >= 11 is 0. The molecule has 2 bridgehead atoms. The Morgan fingerprint density at radius 1 is 1.23 bits per heavy atom. The van der Waals surface area contributed by atoms with Gasteiger partial charge < -0.3 is 14.6 Å². The fourth-order valence-corrected chi connectivity index (χ4v) is 5.44. The summed E-state index contributed by atoms with van der Waals surface area (Å²) in [6.45, 7) is 1.98. The molecule has 6 nitrogen and oxygen atoms in total. The lowest BCUT2D eigenvalue weighted by atomic mass is 9.70. The smallest absolute Gasteiger partial charge is 0.355 e. The molecule has 3 fully saturated rings. The molecule has 0 spiro atoms. The van der Waals surface area contributed by atoms with Gasteiger partial charge in [-0.05, 0) is 43.7 Å². The Hall–Kier alpha value is -2.08. The van der Waals surface area contributed by atoms with Crippen LogP contribution in [0.1, 0.15) is 42.6 Å². The molecule has 1 N–H and O–H groups in total. The van der Waals surface area contributed by atoms with E-state index in [0.717, 1.165) is 45.2 Å². The van der Waals surface area contributed by atoms with Crippen LogP contribution in [0.25, 0.3) is 0 Å². The van der Waals surface area contributed by atoms with Gasteiger partial charge in [-0.2, -0.15) is 0 Å². The molecule has 6 heteroatoms. The van der Waals surface area contributed by atoms with Crippen LogP contribution in [0.3, 0.4) is 0 Å². The minimum Gasteiger partial charge on any atom is -0.458 e. The maximum Gasteiger partial charge on any atom is 0.355 e. The number of aromatic nitrogens is 1. The molecule has 4 aliphatic heterocycles. The van der Waals surface area contributed by atoms with Crippen molar-refractivity contribution in [2.24, 2.45) is 11.8 Å². The van der Waals surface area contributed by atoms with E-state index in [1.54, 1.807) is 18.3 Å². The van der Waals surface area contributed by atoms with E-state index in [-0.39, 0.29) is 29.9 Å². The third-order valence-corrected chi connectivity index (χ3v) is 6.66. The largest absolute Gasteiger partial charge is 0.458 e. The van der Waals surface area contributed by atoms with Crippen LogP contribution in [0, 0.1) is 11.8 Å². The van der Waals surface area contributed by atoms with Crippen molar-refractivity contribution >= 4 is 11.9 Å². The lowest BCUT2D eigenvalue weighted by Gasteiger charge is -2.55. The third kappa shape index (κ3) is 2.58. The number of hydrogen-bond acceptors (Lipinski definition) is 4. The van der Waals surface area contributed by atoms with Crippen LogP contribution >= 0.6 is 0 Å². The molecule has 5 rings (SSSR count). The number of rotatable bonds is 2. The first-order valence-electron chi connectivity index (χ1n) is 9.78. The first-order valence-corrected chi connectivity index (χ1v) is 9.78. The number of piperidine rings is 3. The summed E-state index contributed by atoms with van der Waals surface area (Å²) in [6.07, 6.45) is 10.5. The zero-order valence-electron chi connectivity index (χ0n) is 14.8. The zero-order valence-corrected chi connectivity index (χ0v) is 14.8. The van der Waals surface area contributed by atoms with Crippen molar-refractivity contribution in [3.05, 3.63) is 36.3 Å². The number of hydrogen-bond donors (Lipinski definition) is 1. The number of carbonyl (C=O) groups excluding carboxylic acids is 2. The molecule has 0 aromatic carbocycles. The lowest BCUT2D eigenvalue weighted by molar-refractivity contribution is -0.154. The minimum absolute atomic E-state index is 0.0414. The van der Waals surface area contributed by atoms with Gasteiger partial charge in [-0.1, -0.05) is 6.08 Å². The van der Waals surface area contributed by atoms with Gasteiger partial charge in [0.1, 0.15) is 11.8 Å². The van der Waals surface area contributed by atoms with Crippen LogP contribution in [0.4, 0.5) is 0 Å². The highest BCUT2D eigenvalue weighted by atomic mass is 16.5. The summed E-state index contributed by atoms with van der Waals surface area (Å²) in [5.41, 5.74) is 0.492. The number of esters is 1. The first-order chi connectivity index (χ1) is 12.7. The standard InChI is InChI=1S/C20H25N3O3/c24-19-15-10-13(17-5-1-2-8-23(17)19)12-22-9-6-14(11-18(15)22)26-20(25)16-4-3-7-21-16/h2-4,7-8,13-15,17-18,21H,1,5-6,9-12H2. The van der Waals surface area contributed by atoms with Gasteiger partial charge >= 0.3 is 5.97 Å². The Bertz CT molecular complexity index is 729. The Labute approximate surface area is 153 Å². The van der Waals surface area contributed by atoms with Crippen molar-refractivity contribution in [2.45, 2.75) is 50.3 Å². The highest BCUT2D eigenvalue weighted by molar-refractivity contribution is 5.87. The van der Waals surface area contributed by atoms with Gasteiger partial charge in [0.05, 0.1) is 5.92 Å². The van der Waals surface area contributed by atoms with E-state index < -0.39 is 0 Å². The van der Waals surface area contributed by atoms with Gasteiger partial charge in [-0.15, -0.1) is 0 Å². The average Bonchev–Trinajstić information content (AvgIpc) is 3.21. The maximum absolute atomic E-state index is 13.1. The molecule has 26 heavy (non-hydrogen) atoms. The van der Waals surface area contributed by atoms with Crippen molar-refractivity contribution in [1.29, 1.82) is 0 Å². The second-order valence-corrected chi connectivity index (χ2v) is 8.08. The number of carbonyl (C=O) groups is 2. The molecule has 0 radical (unpaired) electrons. The number of nitrogens with one attached hydrogen (secondary N) is 1. The molecule has 5 heterocycles. The summed E-state index contributed by atoms with van der Waals surface area (Å²) in [5, 5.41) is 0. The molecule has 0 aliphatic carbocycles. The summed E-state index contributed by atoms with van der Waals surface area (Å²) in [4.78, 5) is 32.7. The molecule has 138 valence electrons. The summed E-state index contributed by atoms with van der Waals surface area (Å²) < 4.78 is 5.73. The van der Waals surface area contributed by atoms with E-state index in [2.05, 4.69) is 16.0 Å². The van der Waals surface area contributed by atoms with Crippen LogP contribution in [0.15, 0.2) is 30.6 Å². The molecule has 1 amide bonds. The molecular weight excluding hydrogens is 330 g/mol. The summed E-state index contributed by atoms with van der Waals surface area (Å²) in [6, 6.07) is 4.11. The Balaban J connectivity index is 1.31. The fourth-order valence-electron chi connectivity index (χ4n) is 5.44. The van der Waals surface area contributed by atoms with Crippen LogP contribution in [0.5, 0.6) is 0 Å². The molecular formula is C20H25N3O3. The number of allylic oxidation sites excluding steroid dienone is 1. The van der Waals surface area contributed by atoms with E-state index in [9.17, 15) is 9.59 Å². The zero-order chi connectivity index (χ0) is 17.7. The number of aromatic amines is 1. The van der Waals surface area contributed by atoms with Gasteiger partial charge in [-0.25, -0.2) is 4.79 Å². The highest BCUT2D eigenvalue weighted by Crippen LogP contribution is 2.43. The van der Waals surface area contributed by atoms with Crippen molar-refractivity contribution in [1.82, 2.24) is 14.8 Å². The van der Waals surface area contributed by atoms with Crippen molar-refractivity contribution < 1.29 is 14.3 Å².